The number of likely N-dealkylation sites (N-methyl/N-ethyl adjacent to an activating group) is 1. The minimum absolute atomic E-state index is 0.0896. The monoisotopic (exact) mass is 295 g/mol. The fourth-order valence-corrected chi connectivity index (χ4v) is 2.87. The third-order valence-electron chi connectivity index (χ3n) is 4.05. The molecule has 3 amide bonds. The van der Waals surface area contributed by atoms with Gasteiger partial charge in [0.1, 0.15) is 5.60 Å². The number of nitrogens with one attached hydrogen (secondary N) is 1. The fraction of sp³-hybridized carbons (Fsp3) is 0.733. The van der Waals surface area contributed by atoms with E-state index >= 15 is 0 Å². The number of carbonyl (C=O) groups excluding carboxylic acids is 2. The van der Waals surface area contributed by atoms with Crippen molar-refractivity contribution in [1.29, 1.82) is 0 Å². The highest BCUT2D eigenvalue weighted by atomic mass is 16.6. The van der Waals surface area contributed by atoms with Gasteiger partial charge in [0.2, 0.25) is 0 Å². The van der Waals surface area contributed by atoms with Gasteiger partial charge in [-0.2, -0.15) is 0 Å². The number of amides is 3. The summed E-state index contributed by atoms with van der Waals surface area (Å²) in [4.78, 5) is 27.4. The minimum atomic E-state index is -0.490. The molecule has 0 unspecified atom stereocenters. The Hall–Kier alpha value is -1.72. The van der Waals surface area contributed by atoms with Crippen LogP contribution in [0.1, 0.15) is 40.5 Å². The van der Waals surface area contributed by atoms with Crippen molar-refractivity contribution in [2.45, 2.75) is 51.7 Å². The van der Waals surface area contributed by atoms with E-state index in [2.05, 4.69) is 11.9 Å². The zero-order chi connectivity index (χ0) is 15.8. The summed E-state index contributed by atoms with van der Waals surface area (Å²) in [5, 5.41) is 3.04. The van der Waals surface area contributed by atoms with Crippen molar-refractivity contribution in [3.8, 4) is 0 Å². The maximum Gasteiger partial charge on any atom is 0.410 e. The molecule has 6 nitrogen and oxygen atoms in total. The molecule has 2 aliphatic heterocycles. The van der Waals surface area contributed by atoms with Gasteiger partial charge in [0.05, 0.1) is 5.54 Å². The lowest BCUT2D eigenvalue weighted by atomic mass is 9.86. The van der Waals surface area contributed by atoms with E-state index < -0.39 is 11.1 Å². The molecule has 0 bridgehead atoms. The van der Waals surface area contributed by atoms with Crippen LogP contribution in [0.15, 0.2) is 12.3 Å². The molecule has 2 aliphatic rings. The highest BCUT2D eigenvalue weighted by Gasteiger charge is 2.48. The first-order valence-corrected chi connectivity index (χ1v) is 7.45. The number of nitrogens with zero attached hydrogens (tertiary/aromatic N) is 2. The number of hydrogen-bond donors (Lipinski definition) is 1. The molecule has 0 aliphatic carbocycles. The second-order valence-electron chi connectivity index (χ2n) is 6.67. The Morgan fingerprint density at radius 1 is 1.38 bits per heavy atom. The highest BCUT2D eigenvalue weighted by molar-refractivity contribution is 5.82. The number of rotatable bonds is 1. The van der Waals surface area contributed by atoms with Gasteiger partial charge in [-0.3, -0.25) is 4.90 Å². The van der Waals surface area contributed by atoms with Gasteiger partial charge in [-0.25, -0.2) is 9.59 Å². The van der Waals surface area contributed by atoms with Gasteiger partial charge in [0.25, 0.3) is 0 Å². The first-order valence-electron chi connectivity index (χ1n) is 7.45. The largest absolute Gasteiger partial charge is 0.444 e. The van der Waals surface area contributed by atoms with Crippen LogP contribution in [0.4, 0.5) is 9.59 Å². The summed E-state index contributed by atoms with van der Waals surface area (Å²) in [7, 11) is 0. The Kier molecular flexibility index (Phi) is 3.91. The third-order valence-corrected chi connectivity index (χ3v) is 4.05. The van der Waals surface area contributed by atoms with Crippen LogP contribution in [0.3, 0.4) is 0 Å². The van der Waals surface area contributed by atoms with Crippen molar-refractivity contribution in [3.05, 3.63) is 12.3 Å². The molecular weight excluding hydrogens is 270 g/mol. The molecule has 6 heteroatoms. The van der Waals surface area contributed by atoms with Crippen molar-refractivity contribution in [2.75, 3.05) is 19.6 Å². The average molecular weight is 295 g/mol. The van der Waals surface area contributed by atoms with E-state index in [0.717, 1.165) is 5.70 Å². The Bertz CT molecular complexity index is 459. The van der Waals surface area contributed by atoms with Crippen LogP contribution in [0.2, 0.25) is 0 Å². The highest BCUT2D eigenvalue weighted by Crippen LogP contribution is 2.35. The molecule has 1 N–H and O–H groups in total. The first-order chi connectivity index (χ1) is 9.68. The van der Waals surface area contributed by atoms with Crippen molar-refractivity contribution < 1.29 is 14.3 Å². The Morgan fingerprint density at radius 3 is 2.38 bits per heavy atom. The summed E-state index contributed by atoms with van der Waals surface area (Å²) in [6, 6.07) is -0.0896. The van der Waals surface area contributed by atoms with Crippen molar-refractivity contribution in [2.24, 2.45) is 0 Å². The van der Waals surface area contributed by atoms with Crippen LogP contribution in [-0.4, -0.2) is 52.7 Å². The number of carbonyl (C=O) groups is 2. The molecule has 2 saturated heterocycles. The molecule has 2 fully saturated rings. The van der Waals surface area contributed by atoms with Crippen molar-refractivity contribution >= 4 is 12.1 Å². The van der Waals surface area contributed by atoms with Crippen LogP contribution >= 0.6 is 0 Å². The Morgan fingerprint density at radius 2 is 1.95 bits per heavy atom. The smallest absolute Gasteiger partial charge is 0.410 e. The number of piperidine rings is 1. The predicted octanol–water partition coefficient (Wildman–Crippen LogP) is 2.31. The van der Waals surface area contributed by atoms with E-state index in [0.29, 0.717) is 32.5 Å². The number of likely N-dealkylation sites (tertiary alicyclic amines) is 1. The molecule has 0 aromatic rings. The zero-order valence-corrected chi connectivity index (χ0v) is 13.4. The number of hydrogen-bond acceptors (Lipinski definition) is 3. The lowest BCUT2D eigenvalue weighted by molar-refractivity contribution is 0.0175. The zero-order valence-electron chi connectivity index (χ0n) is 13.4. The van der Waals surface area contributed by atoms with Crippen LogP contribution in [0.5, 0.6) is 0 Å². The molecular formula is C15H25N3O3. The number of ether oxygens (including phenoxy) is 1. The molecule has 2 rings (SSSR count). The molecule has 0 atom stereocenters. The molecule has 118 valence electrons. The van der Waals surface area contributed by atoms with Crippen LogP contribution in [-0.2, 0) is 4.74 Å². The average Bonchev–Trinajstić information content (AvgIpc) is 2.59. The van der Waals surface area contributed by atoms with Gasteiger partial charge in [0.15, 0.2) is 0 Å². The summed E-state index contributed by atoms with van der Waals surface area (Å²) in [5.41, 5.74) is -0.0685. The fourth-order valence-electron chi connectivity index (χ4n) is 2.87. The van der Waals surface area contributed by atoms with E-state index in [1.807, 2.05) is 27.7 Å². The van der Waals surface area contributed by atoms with E-state index in [1.165, 1.54) is 0 Å². The van der Waals surface area contributed by atoms with Crippen molar-refractivity contribution in [3.63, 3.8) is 0 Å². The molecule has 0 aromatic carbocycles. The molecule has 21 heavy (non-hydrogen) atoms. The van der Waals surface area contributed by atoms with Gasteiger partial charge in [-0.1, -0.05) is 6.58 Å². The minimum Gasteiger partial charge on any atom is -0.444 e. The van der Waals surface area contributed by atoms with Gasteiger partial charge in [0, 0.05) is 25.3 Å². The molecule has 2 heterocycles. The van der Waals surface area contributed by atoms with E-state index in [9.17, 15) is 9.59 Å². The molecule has 1 spiro atoms. The predicted molar refractivity (Wildman–Crippen MR) is 79.8 cm³/mol. The summed E-state index contributed by atoms with van der Waals surface area (Å²) < 4.78 is 5.39. The summed E-state index contributed by atoms with van der Waals surface area (Å²) in [6.45, 7) is 13.3. The Balaban J connectivity index is 1.99. The second-order valence-corrected chi connectivity index (χ2v) is 6.67. The molecule has 0 saturated carbocycles. The van der Waals surface area contributed by atoms with Crippen LogP contribution in [0.25, 0.3) is 0 Å². The second kappa shape index (κ2) is 5.24. The summed E-state index contributed by atoms with van der Waals surface area (Å²) >= 11 is 0. The van der Waals surface area contributed by atoms with E-state index in [4.69, 9.17) is 4.74 Å². The maximum atomic E-state index is 12.1. The van der Waals surface area contributed by atoms with Crippen molar-refractivity contribution in [1.82, 2.24) is 15.1 Å². The normalized spacial score (nSPS) is 21.7. The van der Waals surface area contributed by atoms with Gasteiger partial charge < -0.3 is 15.0 Å². The lowest BCUT2D eigenvalue weighted by Crippen LogP contribution is -2.53. The first kappa shape index (κ1) is 15.7. The van der Waals surface area contributed by atoms with Crippen LogP contribution < -0.4 is 5.32 Å². The van der Waals surface area contributed by atoms with E-state index in [-0.39, 0.29) is 12.1 Å². The lowest BCUT2D eigenvalue weighted by Gasteiger charge is -2.39. The van der Waals surface area contributed by atoms with E-state index in [1.54, 1.807) is 9.80 Å². The van der Waals surface area contributed by atoms with Gasteiger partial charge in [-0.05, 0) is 40.5 Å². The topological polar surface area (TPSA) is 61.9 Å². The number of urea groups is 1. The SMILES string of the molecule is C=C1N(CC)C(=O)NC12CCN(C(=O)OC(C)(C)C)CC2. The summed E-state index contributed by atoms with van der Waals surface area (Å²) in [6.07, 6.45) is 1.06. The third kappa shape index (κ3) is 2.99. The van der Waals surface area contributed by atoms with Gasteiger partial charge in [-0.15, -0.1) is 0 Å². The quantitative estimate of drug-likeness (QED) is 0.807. The summed E-state index contributed by atoms with van der Waals surface area (Å²) in [5.74, 6) is 0. The van der Waals surface area contributed by atoms with Crippen LogP contribution in [0, 0.1) is 0 Å². The Labute approximate surface area is 126 Å². The maximum absolute atomic E-state index is 12.1. The molecule has 0 radical (unpaired) electrons. The van der Waals surface area contributed by atoms with Gasteiger partial charge >= 0.3 is 12.1 Å². The standard InChI is InChI=1S/C15H25N3O3/c1-6-18-11(2)15(16-12(18)19)7-9-17(10-8-15)13(20)21-14(3,4)5/h2,6-10H2,1,3-5H3,(H,16,19). The molecule has 0 aromatic heterocycles.